The number of nitrogens with one attached hydrogen (secondary N) is 1. The van der Waals surface area contributed by atoms with Gasteiger partial charge in [0.2, 0.25) is 0 Å². The average Bonchev–Trinajstić information content (AvgIpc) is 2.30. The van der Waals surface area contributed by atoms with E-state index in [0.29, 0.717) is 12.0 Å². The monoisotopic (exact) mass is 223 g/mol. The van der Waals surface area contributed by atoms with Crippen LogP contribution in [0.1, 0.15) is 45.1 Å². The molecular weight excluding hydrogens is 201 g/mol. The van der Waals surface area contributed by atoms with Crippen molar-refractivity contribution < 1.29 is 4.39 Å². The molecule has 2 atom stereocenters. The van der Waals surface area contributed by atoms with Crippen LogP contribution >= 0.6 is 0 Å². The first-order valence-corrected chi connectivity index (χ1v) is 6.17. The maximum absolute atomic E-state index is 12.8. The molecule has 1 nitrogen and oxygen atoms in total. The van der Waals surface area contributed by atoms with Gasteiger partial charge in [0.05, 0.1) is 0 Å². The van der Waals surface area contributed by atoms with Crippen LogP contribution in [0.3, 0.4) is 0 Å². The Morgan fingerprint density at radius 3 is 2.31 bits per heavy atom. The fourth-order valence-corrected chi connectivity index (χ4v) is 2.00. The minimum Gasteiger partial charge on any atom is -0.313 e. The molecule has 1 aromatic rings. The van der Waals surface area contributed by atoms with Crippen LogP contribution in [0.4, 0.5) is 4.39 Å². The molecule has 0 saturated heterocycles. The third-order valence-electron chi connectivity index (χ3n) is 3.10. The van der Waals surface area contributed by atoms with Crippen LogP contribution in [-0.2, 0) is 0 Å². The Hall–Kier alpha value is -0.890. The Kier molecular flexibility index (Phi) is 5.47. The lowest BCUT2D eigenvalue weighted by Gasteiger charge is -2.24. The fraction of sp³-hybridized carbons (Fsp3) is 0.571. The molecule has 0 amide bonds. The van der Waals surface area contributed by atoms with E-state index in [1.54, 1.807) is 12.1 Å². The molecule has 2 unspecified atom stereocenters. The lowest BCUT2D eigenvalue weighted by Crippen LogP contribution is -2.33. The van der Waals surface area contributed by atoms with Crippen molar-refractivity contribution in [3.8, 4) is 0 Å². The van der Waals surface area contributed by atoms with Gasteiger partial charge in [0, 0.05) is 6.04 Å². The number of hydrogen-bond donors (Lipinski definition) is 1. The summed E-state index contributed by atoms with van der Waals surface area (Å²) in [5.41, 5.74) is 1.21. The molecule has 0 bridgehead atoms. The highest BCUT2D eigenvalue weighted by Crippen LogP contribution is 2.21. The Bertz CT molecular complexity index is 294. The van der Waals surface area contributed by atoms with Gasteiger partial charge in [0.15, 0.2) is 0 Å². The maximum atomic E-state index is 12.8. The van der Waals surface area contributed by atoms with Crippen molar-refractivity contribution in [2.24, 2.45) is 0 Å². The minimum atomic E-state index is -0.162. The Balaban J connectivity index is 2.66. The first-order chi connectivity index (χ1) is 7.69. The second-order valence-electron chi connectivity index (χ2n) is 4.31. The van der Waals surface area contributed by atoms with Crippen molar-refractivity contribution in [3.63, 3.8) is 0 Å². The van der Waals surface area contributed by atoms with Gasteiger partial charge in [0.1, 0.15) is 5.82 Å². The second kappa shape index (κ2) is 6.64. The van der Waals surface area contributed by atoms with Crippen LogP contribution in [0.2, 0.25) is 0 Å². The van der Waals surface area contributed by atoms with E-state index in [1.165, 1.54) is 5.56 Å². The van der Waals surface area contributed by atoms with Crippen LogP contribution in [0.5, 0.6) is 0 Å². The number of benzene rings is 1. The maximum Gasteiger partial charge on any atom is 0.123 e. The average molecular weight is 223 g/mol. The minimum absolute atomic E-state index is 0.162. The molecule has 0 spiro atoms. The van der Waals surface area contributed by atoms with Gasteiger partial charge in [-0.2, -0.15) is 0 Å². The predicted octanol–water partition coefficient (Wildman–Crippen LogP) is 3.71. The quantitative estimate of drug-likeness (QED) is 0.775. The van der Waals surface area contributed by atoms with E-state index in [9.17, 15) is 4.39 Å². The van der Waals surface area contributed by atoms with Gasteiger partial charge in [-0.05, 0) is 43.0 Å². The summed E-state index contributed by atoms with van der Waals surface area (Å²) in [6.07, 6.45) is 2.24. The molecular formula is C14H22FN. The summed E-state index contributed by atoms with van der Waals surface area (Å²) in [6.45, 7) is 7.60. The largest absolute Gasteiger partial charge is 0.313 e. The standard InChI is InChI=1S/C14H22FN/c1-4-10-16-14(5-2)11(3)12-6-8-13(15)9-7-12/h6-9,11,14,16H,4-5,10H2,1-3H3. The van der Waals surface area contributed by atoms with Crippen molar-refractivity contribution in [2.45, 2.75) is 45.6 Å². The molecule has 0 heterocycles. The third kappa shape index (κ3) is 3.60. The SMILES string of the molecule is CCCNC(CC)C(C)c1ccc(F)cc1. The molecule has 2 heteroatoms. The van der Waals surface area contributed by atoms with Gasteiger partial charge in [-0.15, -0.1) is 0 Å². The molecule has 0 aromatic heterocycles. The van der Waals surface area contributed by atoms with Crippen molar-refractivity contribution in [3.05, 3.63) is 35.6 Å². The first kappa shape index (κ1) is 13.2. The third-order valence-corrected chi connectivity index (χ3v) is 3.10. The molecule has 0 aliphatic rings. The Morgan fingerprint density at radius 1 is 1.19 bits per heavy atom. The topological polar surface area (TPSA) is 12.0 Å². The van der Waals surface area contributed by atoms with E-state index in [0.717, 1.165) is 19.4 Å². The zero-order valence-electron chi connectivity index (χ0n) is 10.5. The Morgan fingerprint density at radius 2 is 1.81 bits per heavy atom. The predicted molar refractivity (Wildman–Crippen MR) is 67.2 cm³/mol. The fourth-order valence-electron chi connectivity index (χ4n) is 2.00. The molecule has 90 valence electrons. The highest BCUT2D eigenvalue weighted by atomic mass is 19.1. The van der Waals surface area contributed by atoms with Crippen LogP contribution < -0.4 is 5.32 Å². The summed E-state index contributed by atoms with van der Waals surface area (Å²) < 4.78 is 12.8. The molecule has 0 radical (unpaired) electrons. The van der Waals surface area contributed by atoms with Crippen LogP contribution in [-0.4, -0.2) is 12.6 Å². The van der Waals surface area contributed by atoms with Crippen LogP contribution in [0.15, 0.2) is 24.3 Å². The van der Waals surface area contributed by atoms with Crippen LogP contribution in [0, 0.1) is 5.82 Å². The van der Waals surface area contributed by atoms with Crippen molar-refractivity contribution in [2.75, 3.05) is 6.54 Å². The molecule has 1 N–H and O–H groups in total. The summed E-state index contributed by atoms with van der Waals surface area (Å²) in [6, 6.07) is 7.33. The second-order valence-corrected chi connectivity index (χ2v) is 4.31. The van der Waals surface area contributed by atoms with Gasteiger partial charge in [-0.25, -0.2) is 4.39 Å². The van der Waals surface area contributed by atoms with Gasteiger partial charge < -0.3 is 5.32 Å². The van der Waals surface area contributed by atoms with E-state index >= 15 is 0 Å². The molecule has 1 rings (SSSR count). The highest BCUT2D eigenvalue weighted by Gasteiger charge is 2.16. The van der Waals surface area contributed by atoms with Crippen LogP contribution in [0.25, 0.3) is 0 Å². The van der Waals surface area contributed by atoms with E-state index in [4.69, 9.17) is 0 Å². The summed E-state index contributed by atoms with van der Waals surface area (Å²) in [5.74, 6) is 0.266. The molecule has 1 aromatic carbocycles. The summed E-state index contributed by atoms with van der Waals surface area (Å²) in [7, 11) is 0. The summed E-state index contributed by atoms with van der Waals surface area (Å²) in [4.78, 5) is 0. The number of hydrogen-bond acceptors (Lipinski definition) is 1. The van der Waals surface area contributed by atoms with E-state index < -0.39 is 0 Å². The lowest BCUT2D eigenvalue weighted by atomic mass is 9.91. The van der Waals surface area contributed by atoms with Gasteiger partial charge >= 0.3 is 0 Å². The smallest absolute Gasteiger partial charge is 0.123 e. The van der Waals surface area contributed by atoms with E-state index in [2.05, 4.69) is 26.1 Å². The van der Waals surface area contributed by atoms with Gasteiger partial charge in [-0.1, -0.05) is 32.9 Å². The molecule has 0 aliphatic carbocycles. The molecule has 0 aliphatic heterocycles. The molecule has 16 heavy (non-hydrogen) atoms. The number of rotatable bonds is 6. The highest BCUT2D eigenvalue weighted by molar-refractivity contribution is 5.21. The van der Waals surface area contributed by atoms with E-state index in [1.807, 2.05) is 12.1 Å². The van der Waals surface area contributed by atoms with Crippen molar-refractivity contribution in [1.82, 2.24) is 5.32 Å². The molecule has 0 saturated carbocycles. The summed E-state index contributed by atoms with van der Waals surface area (Å²) in [5, 5.41) is 3.54. The molecule has 0 fully saturated rings. The summed E-state index contributed by atoms with van der Waals surface area (Å²) >= 11 is 0. The zero-order valence-corrected chi connectivity index (χ0v) is 10.5. The van der Waals surface area contributed by atoms with Crippen molar-refractivity contribution >= 4 is 0 Å². The first-order valence-electron chi connectivity index (χ1n) is 6.17. The van der Waals surface area contributed by atoms with Gasteiger partial charge in [-0.3, -0.25) is 0 Å². The van der Waals surface area contributed by atoms with E-state index in [-0.39, 0.29) is 5.82 Å². The Labute approximate surface area is 98.1 Å². The normalized spacial score (nSPS) is 14.8. The van der Waals surface area contributed by atoms with Crippen molar-refractivity contribution in [1.29, 1.82) is 0 Å². The van der Waals surface area contributed by atoms with Gasteiger partial charge in [0.25, 0.3) is 0 Å². The number of halogens is 1. The zero-order chi connectivity index (χ0) is 12.0. The lowest BCUT2D eigenvalue weighted by molar-refractivity contribution is 0.438.